The van der Waals surface area contributed by atoms with Crippen molar-refractivity contribution in [3.8, 4) is 0 Å². The fourth-order valence-electron chi connectivity index (χ4n) is 2.64. The molecule has 0 aliphatic carbocycles. The average molecular weight is 240 g/mol. The third kappa shape index (κ3) is 7.77. The highest BCUT2D eigenvalue weighted by Gasteiger charge is 2.12. The van der Waals surface area contributed by atoms with Crippen LogP contribution in [0.15, 0.2) is 0 Å². The smallest absolute Gasteiger partial charge is 0.0166 e. The van der Waals surface area contributed by atoms with Crippen molar-refractivity contribution in [1.82, 2.24) is 10.2 Å². The Bertz CT molecular complexity index is 180. The van der Waals surface area contributed by atoms with Crippen molar-refractivity contribution in [2.45, 2.75) is 65.3 Å². The third-order valence-electron chi connectivity index (χ3n) is 3.68. The van der Waals surface area contributed by atoms with E-state index in [-0.39, 0.29) is 0 Å². The molecule has 1 rings (SSSR count). The Labute approximate surface area is 108 Å². The first-order valence-corrected chi connectivity index (χ1v) is 7.64. The van der Waals surface area contributed by atoms with E-state index in [1.54, 1.807) is 0 Å². The standard InChI is InChI=1S/C15H32N2/c1-14(2)9-6-4-5-7-11-17-12-8-10-16-15(3)13-17/h14-16H,4-13H2,1-3H3. The number of rotatable bonds is 7. The van der Waals surface area contributed by atoms with Crippen molar-refractivity contribution in [3.63, 3.8) is 0 Å². The largest absolute Gasteiger partial charge is 0.313 e. The summed E-state index contributed by atoms with van der Waals surface area (Å²) in [5.74, 6) is 0.882. The second-order valence-corrected chi connectivity index (χ2v) is 6.11. The maximum Gasteiger partial charge on any atom is 0.0166 e. The maximum atomic E-state index is 3.56. The Balaban J connectivity index is 1.97. The van der Waals surface area contributed by atoms with Gasteiger partial charge in [0.1, 0.15) is 0 Å². The van der Waals surface area contributed by atoms with Crippen LogP contribution in [0.3, 0.4) is 0 Å². The van der Waals surface area contributed by atoms with Crippen LogP contribution in [-0.2, 0) is 0 Å². The predicted molar refractivity (Wildman–Crippen MR) is 76.4 cm³/mol. The number of nitrogens with one attached hydrogen (secondary N) is 1. The normalized spacial score (nSPS) is 22.9. The summed E-state index contributed by atoms with van der Waals surface area (Å²) in [6, 6.07) is 0.679. The van der Waals surface area contributed by atoms with Gasteiger partial charge in [-0.25, -0.2) is 0 Å². The molecule has 1 saturated heterocycles. The summed E-state index contributed by atoms with van der Waals surface area (Å²) in [5, 5.41) is 3.56. The summed E-state index contributed by atoms with van der Waals surface area (Å²) in [4.78, 5) is 2.65. The van der Waals surface area contributed by atoms with E-state index in [9.17, 15) is 0 Å². The highest BCUT2D eigenvalue weighted by Crippen LogP contribution is 2.10. The highest BCUT2D eigenvalue weighted by atomic mass is 15.2. The van der Waals surface area contributed by atoms with Crippen LogP contribution in [0.25, 0.3) is 0 Å². The van der Waals surface area contributed by atoms with Gasteiger partial charge in [-0.15, -0.1) is 0 Å². The van der Waals surface area contributed by atoms with Crippen molar-refractivity contribution < 1.29 is 0 Å². The molecule has 17 heavy (non-hydrogen) atoms. The lowest BCUT2D eigenvalue weighted by molar-refractivity contribution is 0.266. The van der Waals surface area contributed by atoms with Gasteiger partial charge in [-0.1, -0.05) is 39.5 Å². The molecule has 0 bridgehead atoms. The lowest BCUT2D eigenvalue weighted by Crippen LogP contribution is -2.35. The van der Waals surface area contributed by atoms with E-state index in [2.05, 4.69) is 31.0 Å². The highest BCUT2D eigenvalue weighted by molar-refractivity contribution is 4.72. The fourth-order valence-corrected chi connectivity index (χ4v) is 2.64. The van der Waals surface area contributed by atoms with E-state index < -0.39 is 0 Å². The summed E-state index contributed by atoms with van der Waals surface area (Å²) in [6.07, 6.45) is 8.40. The van der Waals surface area contributed by atoms with Crippen LogP contribution in [0.4, 0.5) is 0 Å². The first-order valence-electron chi connectivity index (χ1n) is 7.64. The maximum absolute atomic E-state index is 3.56. The van der Waals surface area contributed by atoms with Crippen molar-refractivity contribution in [1.29, 1.82) is 0 Å². The Hall–Kier alpha value is -0.0800. The van der Waals surface area contributed by atoms with Crippen LogP contribution in [0.1, 0.15) is 59.3 Å². The van der Waals surface area contributed by atoms with Gasteiger partial charge in [-0.3, -0.25) is 0 Å². The van der Waals surface area contributed by atoms with Gasteiger partial charge in [0.2, 0.25) is 0 Å². The monoisotopic (exact) mass is 240 g/mol. The Morgan fingerprint density at radius 1 is 1.18 bits per heavy atom. The number of hydrogen-bond acceptors (Lipinski definition) is 2. The molecule has 1 heterocycles. The fraction of sp³-hybridized carbons (Fsp3) is 1.00. The molecular weight excluding hydrogens is 208 g/mol. The zero-order chi connectivity index (χ0) is 12.5. The molecule has 0 aromatic rings. The van der Waals surface area contributed by atoms with Crippen molar-refractivity contribution in [2.24, 2.45) is 5.92 Å². The molecule has 0 saturated carbocycles. The molecule has 1 atom stereocenters. The Morgan fingerprint density at radius 2 is 1.94 bits per heavy atom. The van der Waals surface area contributed by atoms with E-state index in [0.29, 0.717) is 6.04 Å². The zero-order valence-electron chi connectivity index (χ0n) is 12.2. The van der Waals surface area contributed by atoms with Crippen molar-refractivity contribution in [2.75, 3.05) is 26.2 Å². The van der Waals surface area contributed by atoms with Gasteiger partial charge in [-0.05, 0) is 45.3 Å². The van der Waals surface area contributed by atoms with E-state index in [1.807, 2.05) is 0 Å². The van der Waals surface area contributed by atoms with Crippen LogP contribution >= 0.6 is 0 Å². The molecule has 1 fully saturated rings. The minimum Gasteiger partial charge on any atom is -0.313 e. The summed E-state index contributed by atoms with van der Waals surface area (Å²) in [5.41, 5.74) is 0. The SMILES string of the molecule is CC(C)CCCCCCN1CCCNC(C)C1. The summed E-state index contributed by atoms with van der Waals surface area (Å²) < 4.78 is 0. The summed E-state index contributed by atoms with van der Waals surface area (Å²) >= 11 is 0. The van der Waals surface area contributed by atoms with Crippen molar-refractivity contribution in [3.05, 3.63) is 0 Å². The molecular formula is C15H32N2. The second kappa shape index (κ2) is 8.93. The molecule has 1 aliphatic heterocycles. The van der Waals surface area contributed by atoms with Crippen LogP contribution in [0.2, 0.25) is 0 Å². The molecule has 0 aromatic carbocycles. The lowest BCUT2D eigenvalue weighted by Gasteiger charge is -2.22. The quantitative estimate of drug-likeness (QED) is 0.687. The lowest BCUT2D eigenvalue weighted by atomic mass is 10.0. The van der Waals surface area contributed by atoms with Gasteiger partial charge in [-0.2, -0.15) is 0 Å². The second-order valence-electron chi connectivity index (χ2n) is 6.11. The Morgan fingerprint density at radius 3 is 2.71 bits per heavy atom. The van der Waals surface area contributed by atoms with Crippen LogP contribution in [0, 0.1) is 5.92 Å². The topological polar surface area (TPSA) is 15.3 Å². The minimum atomic E-state index is 0.679. The van der Waals surface area contributed by atoms with E-state index in [0.717, 1.165) is 5.92 Å². The van der Waals surface area contributed by atoms with Crippen LogP contribution in [-0.4, -0.2) is 37.1 Å². The molecule has 0 radical (unpaired) electrons. The van der Waals surface area contributed by atoms with Gasteiger partial charge < -0.3 is 10.2 Å². The number of hydrogen-bond donors (Lipinski definition) is 1. The Kier molecular flexibility index (Phi) is 7.87. The molecule has 102 valence electrons. The van der Waals surface area contributed by atoms with Gasteiger partial charge in [0.25, 0.3) is 0 Å². The zero-order valence-corrected chi connectivity index (χ0v) is 12.2. The molecule has 2 heteroatoms. The third-order valence-corrected chi connectivity index (χ3v) is 3.68. The van der Waals surface area contributed by atoms with Gasteiger partial charge >= 0.3 is 0 Å². The first kappa shape index (κ1) is 15.0. The minimum absolute atomic E-state index is 0.679. The summed E-state index contributed by atoms with van der Waals surface area (Å²) in [7, 11) is 0. The summed E-state index contributed by atoms with van der Waals surface area (Å²) in [6.45, 7) is 12.0. The number of nitrogens with zero attached hydrogens (tertiary/aromatic N) is 1. The van der Waals surface area contributed by atoms with Crippen LogP contribution < -0.4 is 5.32 Å². The van der Waals surface area contributed by atoms with Gasteiger partial charge in [0.15, 0.2) is 0 Å². The molecule has 1 aliphatic rings. The van der Waals surface area contributed by atoms with Gasteiger partial charge in [0.05, 0.1) is 0 Å². The molecule has 0 amide bonds. The van der Waals surface area contributed by atoms with E-state index in [1.165, 1.54) is 64.7 Å². The molecule has 1 unspecified atom stereocenters. The first-order chi connectivity index (χ1) is 8.18. The van der Waals surface area contributed by atoms with Crippen molar-refractivity contribution >= 4 is 0 Å². The average Bonchev–Trinajstić information content (AvgIpc) is 2.47. The molecule has 0 spiro atoms. The molecule has 2 nitrogen and oxygen atoms in total. The van der Waals surface area contributed by atoms with E-state index >= 15 is 0 Å². The van der Waals surface area contributed by atoms with Gasteiger partial charge in [0, 0.05) is 12.6 Å². The molecule has 0 aromatic heterocycles. The molecule has 1 N–H and O–H groups in total. The van der Waals surface area contributed by atoms with E-state index in [4.69, 9.17) is 0 Å². The number of unbranched alkanes of at least 4 members (excludes halogenated alkanes) is 3. The predicted octanol–water partition coefficient (Wildman–Crippen LogP) is 3.28. The van der Waals surface area contributed by atoms with Crippen LogP contribution in [0.5, 0.6) is 0 Å².